The Bertz CT molecular complexity index is 608. The van der Waals surface area contributed by atoms with Gasteiger partial charge >= 0.3 is 0 Å². The quantitative estimate of drug-likeness (QED) is 0.805. The van der Waals surface area contributed by atoms with Crippen LogP contribution in [-0.4, -0.2) is 30.9 Å². The van der Waals surface area contributed by atoms with E-state index in [-0.39, 0.29) is 10.8 Å². The number of nitriles is 1. The Morgan fingerprint density at radius 1 is 1.45 bits per heavy atom. The Labute approximate surface area is 127 Å². The van der Waals surface area contributed by atoms with Crippen molar-refractivity contribution >= 4 is 29.0 Å². The van der Waals surface area contributed by atoms with E-state index in [4.69, 9.17) is 27.9 Å². The van der Waals surface area contributed by atoms with Crippen molar-refractivity contribution in [3.05, 3.63) is 45.8 Å². The van der Waals surface area contributed by atoms with E-state index in [2.05, 4.69) is 0 Å². The molecular weight excluding hydrogens is 299 g/mol. The third-order valence-electron chi connectivity index (χ3n) is 3.08. The van der Waals surface area contributed by atoms with Gasteiger partial charge in [0.15, 0.2) is 11.7 Å². The fourth-order valence-corrected chi connectivity index (χ4v) is 2.21. The molecule has 2 rings (SSSR count). The fraction of sp³-hybridized carbons (Fsp3) is 0.286. The average molecular weight is 311 g/mol. The van der Waals surface area contributed by atoms with Crippen LogP contribution in [0.25, 0.3) is 0 Å². The SMILES string of the molecule is CN1CCOC=C1C(C#N)C(=O)c1ccc(Cl)c(Cl)c1. The smallest absolute Gasteiger partial charge is 0.186 e. The maximum atomic E-state index is 12.4. The third-order valence-corrected chi connectivity index (χ3v) is 3.82. The number of Topliss-reactive ketones (excluding diaryl/α,β-unsaturated/α-hetero) is 1. The largest absolute Gasteiger partial charge is 0.497 e. The molecule has 1 aromatic rings. The number of halogens is 2. The summed E-state index contributed by atoms with van der Waals surface area (Å²) in [7, 11) is 1.82. The van der Waals surface area contributed by atoms with Gasteiger partial charge in [0.05, 0.1) is 28.4 Å². The predicted molar refractivity (Wildman–Crippen MR) is 76.6 cm³/mol. The number of allylic oxidation sites excluding steroid dienone is 1. The van der Waals surface area contributed by atoms with Gasteiger partial charge in [-0.3, -0.25) is 4.79 Å². The van der Waals surface area contributed by atoms with Crippen LogP contribution >= 0.6 is 23.2 Å². The third kappa shape index (κ3) is 2.90. The molecule has 0 saturated heterocycles. The second-order valence-electron chi connectivity index (χ2n) is 4.39. The van der Waals surface area contributed by atoms with Gasteiger partial charge in [-0.15, -0.1) is 0 Å². The first-order valence-corrected chi connectivity index (χ1v) is 6.72. The monoisotopic (exact) mass is 310 g/mol. The molecule has 4 nitrogen and oxygen atoms in total. The molecule has 1 unspecified atom stereocenters. The minimum Gasteiger partial charge on any atom is -0.497 e. The second-order valence-corrected chi connectivity index (χ2v) is 5.20. The lowest BCUT2D eigenvalue weighted by molar-refractivity contribution is 0.0927. The van der Waals surface area contributed by atoms with Crippen molar-refractivity contribution in [1.29, 1.82) is 5.26 Å². The molecule has 1 aliphatic rings. The molecule has 6 heteroatoms. The number of ether oxygens (including phenoxy) is 1. The van der Waals surface area contributed by atoms with E-state index in [0.717, 1.165) is 0 Å². The van der Waals surface area contributed by atoms with Crippen molar-refractivity contribution < 1.29 is 9.53 Å². The van der Waals surface area contributed by atoms with Crippen LogP contribution in [-0.2, 0) is 4.74 Å². The molecule has 1 aliphatic heterocycles. The van der Waals surface area contributed by atoms with E-state index in [9.17, 15) is 10.1 Å². The maximum Gasteiger partial charge on any atom is 0.186 e. The minimum atomic E-state index is -0.919. The van der Waals surface area contributed by atoms with Crippen molar-refractivity contribution in [3.8, 4) is 6.07 Å². The number of benzene rings is 1. The molecule has 20 heavy (non-hydrogen) atoms. The minimum absolute atomic E-state index is 0.288. The summed E-state index contributed by atoms with van der Waals surface area (Å²) in [5.41, 5.74) is 0.903. The topological polar surface area (TPSA) is 53.3 Å². The summed E-state index contributed by atoms with van der Waals surface area (Å²) >= 11 is 11.7. The molecule has 1 aromatic carbocycles. The predicted octanol–water partition coefficient (Wildman–Crippen LogP) is 3.12. The number of hydrogen-bond donors (Lipinski definition) is 0. The van der Waals surface area contributed by atoms with Crippen LogP contribution in [0.3, 0.4) is 0 Å². The summed E-state index contributed by atoms with van der Waals surface area (Å²) in [6.45, 7) is 1.18. The molecule has 0 fully saturated rings. The summed E-state index contributed by atoms with van der Waals surface area (Å²) < 4.78 is 5.21. The van der Waals surface area contributed by atoms with Gasteiger partial charge in [-0.2, -0.15) is 5.26 Å². The first-order chi connectivity index (χ1) is 9.54. The van der Waals surface area contributed by atoms with Gasteiger partial charge in [0, 0.05) is 12.6 Å². The summed E-state index contributed by atoms with van der Waals surface area (Å²) in [4.78, 5) is 14.3. The molecule has 104 valence electrons. The zero-order chi connectivity index (χ0) is 14.7. The molecule has 0 saturated carbocycles. The lowest BCUT2D eigenvalue weighted by Crippen LogP contribution is -2.33. The zero-order valence-electron chi connectivity index (χ0n) is 10.8. The highest BCUT2D eigenvalue weighted by Crippen LogP contribution is 2.26. The van der Waals surface area contributed by atoms with Crippen LogP contribution in [0.1, 0.15) is 10.4 Å². The van der Waals surface area contributed by atoms with Gasteiger partial charge in [0.2, 0.25) is 0 Å². The van der Waals surface area contributed by atoms with Crippen molar-refractivity contribution in [2.24, 2.45) is 5.92 Å². The highest BCUT2D eigenvalue weighted by molar-refractivity contribution is 6.42. The number of carbonyl (C=O) groups is 1. The molecule has 1 atom stereocenters. The van der Waals surface area contributed by atoms with E-state index in [0.29, 0.717) is 29.4 Å². The number of hydrogen-bond acceptors (Lipinski definition) is 4. The Hall–Kier alpha value is -1.70. The standard InChI is InChI=1S/C14H12Cl2N2O2/c1-18-4-5-20-8-13(18)10(7-17)14(19)9-2-3-11(15)12(16)6-9/h2-3,6,8,10H,4-5H2,1H3. The lowest BCUT2D eigenvalue weighted by atomic mass is 9.95. The Kier molecular flexibility index (Phi) is 4.53. The van der Waals surface area contributed by atoms with E-state index >= 15 is 0 Å². The Morgan fingerprint density at radius 2 is 2.20 bits per heavy atom. The molecule has 1 heterocycles. The highest BCUT2D eigenvalue weighted by atomic mass is 35.5. The van der Waals surface area contributed by atoms with Crippen LogP contribution in [0.4, 0.5) is 0 Å². The van der Waals surface area contributed by atoms with Gasteiger partial charge in [0.1, 0.15) is 12.9 Å². The zero-order valence-corrected chi connectivity index (χ0v) is 12.3. The molecule has 0 amide bonds. The van der Waals surface area contributed by atoms with Crippen molar-refractivity contribution in [2.45, 2.75) is 0 Å². The van der Waals surface area contributed by atoms with Crippen LogP contribution < -0.4 is 0 Å². The van der Waals surface area contributed by atoms with Gasteiger partial charge < -0.3 is 9.64 Å². The second kappa shape index (κ2) is 6.17. The van der Waals surface area contributed by atoms with Gasteiger partial charge in [-0.25, -0.2) is 0 Å². The molecule has 0 aromatic heterocycles. The van der Waals surface area contributed by atoms with Crippen molar-refractivity contribution in [2.75, 3.05) is 20.2 Å². The van der Waals surface area contributed by atoms with Crippen LogP contribution in [0.2, 0.25) is 10.0 Å². The first kappa shape index (κ1) is 14.7. The fourth-order valence-electron chi connectivity index (χ4n) is 1.92. The Balaban J connectivity index is 2.32. The Morgan fingerprint density at radius 3 is 2.80 bits per heavy atom. The van der Waals surface area contributed by atoms with E-state index in [1.807, 2.05) is 18.0 Å². The van der Waals surface area contributed by atoms with E-state index in [1.165, 1.54) is 12.3 Å². The van der Waals surface area contributed by atoms with Crippen LogP contribution in [0, 0.1) is 17.2 Å². The lowest BCUT2D eigenvalue weighted by Gasteiger charge is -2.28. The summed E-state index contributed by atoms with van der Waals surface area (Å²) in [5, 5.41) is 9.96. The van der Waals surface area contributed by atoms with Gasteiger partial charge in [0.25, 0.3) is 0 Å². The molecule has 0 aliphatic carbocycles. The van der Waals surface area contributed by atoms with Crippen LogP contribution in [0.5, 0.6) is 0 Å². The first-order valence-electron chi connectivity index (χ1n) is 5.96. The highest BCUT2D eigenvalue weighted by Gasteiger charge is 2.28. The molecule has 0 N–H and O–H groups in total. The van der Waals surface area contributed by atoms with Gasteiger partial charge in [-0.05, 0) is 18.2 Å². The van der Waals surface area contributed by atoms with Crippen molar-refractivity contribution in [3.63, 3.8) is 0 Å². The number of likely N-dealkylation sites (N-methyl/N-ethyl adjacent to an activating group) is 1. The van der Waals surface area contributed by atoms with Gasteiger partial charge in [-0.1, -0.05) is 23.2 Å². The van der Waals surface area contributed by atoms with Crippen molar-refractivity contribution in [1.82, 2.24) is 4.90 Å². The molecule has 0 radical (unpaired) electrons. The molecule has 0 spiro atoms. The average Bonchev–Trinajstić information content (AvgIpc) is 2.44. The summed E-state index contributed by atoms with van der Waals surface area (Å²) in [6.07, 6.45) is 1.47. The number of rotatable bonds is 3. The number of nitrogens with zero attached hydrogens (tertiary/aromatic N) is 2. The van der Waals surface area contributed by atoms with E-state index in [1.54, 1.807) is 12.1 Å². The normalized spacial score (nSPS) is 15.9. The summed E-state index contributed by atoms with van der Waals surface area (Å²) in [6, 6.07) is 6.60. The summed E-state index contributed by atoms with van der Waals surface area (Å²) in [5.74, 6) is -1.24. The van der Waals surface area contributed by atoms with E-state index < -0.39 is 5.92 Å². The maximum absolute atomic E-state index is 12.4. The molecular formula is C14H12Cl2N2O2. The molecule has 0 bridgehead atoms. The van der Waals surface area contributed by atoms with Crippen LogP contribution in [0.15, 0.2) is 30.2 Å². The number of ketones is 1. The number of carbonyl (C=O) groups excluding carboxylic acids is 1.